The number of rotatable bonds is 5. The van der Waals surface area contributed by atoms with Gasteiger partial charge in [-0.1, -0.05) is 116 Å². The zero-order chi connectivity index (χ0) is 26.5. The van der Waals surface area contributed by atoms with E-state index in [1.165, 1.54) is 28.0 Å². The smallest absolute Gasteiger partial charge is 0.0134 e. The van der Waals surface area contributed by atoms with Gasteiger partial charge in [-0.15, -0.1) is 0 Å². The molecule has 0 bridgehead atoms. The van der Waals surface area contributed by atoms with Gasteiger partial charge in [-0.25, -0.2) is 5.01 Å². The van der Waals surface area contributed by atoms with Crippen molar-refractivity contribution in [1.82, 2.24) is 5.01 Å². The molecular weight excluding hydrogens is 792 g/mol. The van der Waals surface area contributed by atoms with E-state index in [0.717, 1.165) is 17.3 Å². The molecule has 1 aliphatic rings. The molecule has 4 aromatic rings. The molecule has 0 N–H and O–H groups in total. The largest absolute Gasteiger partial charge is 0.0622 e. The Hall–Kier alpha value is -0.808. The first-order valence-electron chi connectivity index (χ1n) is 12.5. The average Bonchev–Trinajstić information content (AvgIpc) is 3.24. The van der Waals surface area contributed by atoms with Crippen LogP contribution in [0, 0.1) is 0 Å². The van der Waals surface area contributed by atoms with E-state index in [2.05, 4.69) is 191 Å². The third-order valence-corrected chi connectivity index (χ3v) is 8.72. The van der Waals surface area contributed by atoms with Crippen LogP contribution in [0.3, 0.4) is 0 Å². The van der Waals surface area contributed by atoms with Gasteiger partial charge in [0.05, 0.1) is 5.69 Å². The fourth-order valence-corrected chi connectivity index (χ4v) is 7.11. The fraction of sp³-hybridized carbons (Fsp3) is 0.226. The molecule has 0 amide bonds. The molecule has 2 nitrogen and oxygen atoms in total. The van der Waals surface area contributed by atoms with Crippen molar-refractivity contribution in [2.75, 3.05) is 11.6 Å². The Kier molecular flexibility index (Phi) is 14.1. The maximum atomic E-state index is 2.46. The zero-order valence-corrected chi connectivity index (χ0v) is 28.3. The predicted molar refractivity (Wildman–Crippen MR) is 178 cm³/mol. The normalized spacial score (nSPS) is 17.1. The fourth-order valence-electron chi connectivity index (χ4n) is 4.81. The average molecular weight is 827 g/mol. The molecule has 1 saturated heterocycles. The summed E-state index contributed by atoms with van der Waals surface area (Å²) in [6, 6.07) is 44.3. The van der Waals surface area contributed by atoms with Gasteiger partial charge in [-0.2, -0.15) is 0 Å². The van der Waals surface area contributed by atoms with Gasteiger partial charge in [0.2, 0.25) is 0 Å². The molecule has 0 spiro atoms. The first-order chi connectivity index (χ1) is 18.1. The van der Waals surface area contributed by atoms with Crippen LogP contribution in [-0.4, -0.2) is 23.6 Å². The van der Waals surface area contributed by atoms with Gasteiger partial charge in [0.25, 0.3) is 0 Å². The number of halogens is 2. The van der Waals surface area contributed by atoms with Crippen molar-refractivity contribution < 1.29 is 10.8 Å². The third kappa shape index (κ3) is 9.12. The molecule has 2 atom stereocenters. The van der Waals surface area contributed by atoms with Crippen LogP contribution in [0.25, 0.3) is 0 Å². The number of hydrazine groups is 1. The van der Waals surface area contributed by atoms with Crippen molar-refractivity contribution in [3.05, 3.63) is 121 Å². The first-order valence-corrected chi connectivity index (χ1v) is 23.1. The topological polar surface area (TPSA) is 6.48 Å². The summed E-state index contributed by atoms with van der Waals surface area (Å²) in [7, 11) is 0.444. The Morgan fingerprint density at radius 2 is 1.00 bits per heavy atom. The van der Waals surface area contributed by atoms with Crippen LogP contribution >= 0.6 is 47.0 Å². The Labute approximate surface area is 254 Å². The van der Waals surface area contributed by atoms with Crippen LogP contribution in [0.2, 0.25) is 0 Å². The van der Waals surface area contributed by atoms with E-state index in [0.29, 0.717) is 12.1 Å². The number of para-hydroxylation sites is 1. The van der Waals surface area contributed by atoms with Crippen LogP contribution in [0.4, 0.5) is 5.69 Å². The zero-order valence-electron chi connectivity index (χ0n) is 21.5. The molecule has 0 aliphatic carbocycles. The van der Waals surface area contributed by atoms with E-state index in [1.54, 1.807) is 0 Å². The number of benzene rings is 4. The van der Waals surface area contributed by atoms with Gasteiger partial charge in [-0.3, -0.25) is 0 Å². The van der Waals surface area contributed by atoms with Crippen molar-refractivity contribution in [2.45, 2.75) is 39.3 Å². The molecule has 5 rings (SSSR count). The Balaban J connectivity index is 0.000000190. The van der Waals surface area contributed by atoms with Crippen LogP contribution < -0.4 is 20.9 Å². The van der Waals surface area contributed by atoms with Gasteiger partial charge in [-0.05, 0) is 56.2 Å². The summed E-state index contributed by atoms with van der Waals surface area (Å²) in [4.78, 5) is 0. The summed E-state index contributed by atoms with van der Waals surface area (Å²) < 4.78 is 0. The minimum atomic E-state index is -0.446. The number of anilines is 1. The third-order valence-electron chi connectivity index (χ3n) is 6.27. The molecule has 0 radical (unpaired) electrons. The van der Waals surface area contributed by atoms with Crippen molar-refractivity contribution in [2.24, 2.45) is 0 Å². The van der Waals surface area contributed by atoms with Crippen LogP contribution in [-0.2, 0) is 10.8 Å². The molecule has 1 fully saturated rings. The quantitative estimate of drug-likeness (QED) is 0.114. The van der Waals surface area contributed by atoms with Gasteiger partial charge in [0, 0.05) is 18.6 Å². The SMILES string of the molecule is CCN1C(C)CC(C)N1c1ccccc1.[I][Pd][I].c1ccc(P(c2ccccc2)c2ccccc2)cc1. The Bertz CT molecular complexity index is 1040. The van der Waals surface area contributed by atoms with Crippen molar-refractivity contribution >= 4 is 68.6 Å². The second-order valence-corrected chi connectivity index (χ2v) is 23.0. The van der Waals surface area contributed by atoms with Crippen LogP contribution in [0.1, 0.15) is 27.2 Å². The number of hydrogen-bond acceptors (Lipinski definition) is 2. The molecule has 0 aromatic heterocycles. The number of nitrogens with zero attached hydrogens (tertiary/aromatic N) is 2. The van der Waals surface area contributed by atoms with E-state index in [9.17, 15) is 0 Å². The Morgan fingerprint density at radius 3 is 1.35 bits per heavy atom. The summed E-state index contributed by atoms with van der Waals surface area (Å²) in [5, 5.41) is 9.09. The van der Waals surface area contributed by atoms with Crippen LogP contribution in [0.5, 0.6) is 0 Å². The van der Waals surface area contributed by atoms with E-state index in [-0.39, 0.29) is 0 Å². The number of hydrogen-bond donors (Lipinski definition) is 0. The molecule has 1 aliphatic heterocycles. The van der Waals surface area contributed by atoms with Gasteiger partial charge >= 0.3 is 49.8 Å². The standard InChI is InChI=1S/C18H15P.C13H20N2.2HI.Pd/c1-4-10-16(11-5-1)19(17-12-6-2-7-13-17)18-14-8-3-9-15-18;1-4-14-11(2)10-12(3)15(14)13-8-6-5-7-9-13;;;/h1-15H;5-9,11-12H,4,10H2,1-3H3;2*1H;/q;;;;+2/p-2. The van der Waals surface area contributed by atoms with Crippen molar-refractivity contribution in [3.8, 4) is 0 Å². The summed E-state index contributed by atoms with van der Waals surface area (Å²) >= 11 is 4.65. The van der Waals surface area contributed by atoms with E-state index in [1.807, 2.05) is 0 Å². The molecule has 0 saturated carbocycles. The van der Waals surface area contributed by atoms with Crippen molar-refractivity contribution in [3.63, 3.8) is 0 Å². The van der Waals surface area contributed by atoms with Crippen LogP contribution in [0.15, 0.2) is 121 Å². The molecule has 198 valence electrons. The molecule has 37 heavy (non-hydrogen) atoms. The maximum absolute atomic E-state index is 2.46. The van der Waals surface area contributed by atoms with Gasteiger partial charge in [0.15, 0.2) is 0 Å². The van der Waals surface area contributed by atoms with Gasteiger partial charge in [0.1, 0.15) is 0 Å². The minimum absolute atomic E-state index is 0.446. The summed E-state index contributed by atoms with van der Waals surface area (Å²) in [5.74, 6) is 0. The van der Waals surface area contributed by atoms with E-state index in [4.69, 9.17) is 0 Å². The molecular formula is C31H35I2N2PPd. The monoisotopic (exact) mass is 826 g/mol. The molecule has 4 aromatic carbocycles. The summed E-state index contributed by atoms with van der Waals surface area (Å²) in [6.45, 7) is 7.92. The molecule has 2 unspecified atom stereocenters. The second kappa shape index (κ2) is 17.0. The summed E-state index contributed by atoms with van der Waals surface area (Å²) in [6.07, 6.45) is 1.25. The maximum Gasteiger partial charge on any atom is -0.0134 e. The first kappa shape index (κ1) is 30.7. The predicted octanol–water partition coefficient (Wildman–Crippen LogP) is 8.12. The van der Waals surface area contributed by atoms with E-state index < -0.39 is 7.92 Å². The Morgan fingerprint density at radius 1 is 0.649 bits per heavy atom. The van der Waals surface area contributed by atoms with E-state index >= 15 is 0 Å². The van der Waals surface area contributed by atoms with Gasteiger partial charge < -0.3 is 5.01 Å². The molecule has 1 heterocycles. The molecule has 6 heteroatoms. The second-order valence-electron chi connectivity index (χ2n) is 8.76. The summed E-state index contributed by atoms with van der Waals surface area (Å²) in [5.41, 5.74) is 1.32. The minimum Gasteiger partial charge on any atom is -0.0622 e. The van der Waals surface area contributed by atoms with Crippen molar-refractivity contribution in [1.29, 1.82) is 0 Å².